The normalized spacial score (nSPS) is 37.6. The highest BCUT2D eigenvalue weighted by Crippen LogP contribution is 2.52. The number of fused-ring (bicyclic) bond motifs is 2. The molecule has 102 valence electrons. The minimum Gasteiger partial charge on any atom is -0.314 e. The van der Waals surface area contributed by atoms with Crippen molar-refractivity contribution in [1.29, 1.82) is 0 Å². The standard InChI is InChI=1S/C15H22F2O/c1-2-14(7-3-4-8-14)18-15(16,17)13-10-11-5-6-12(13)9-11/h5-6,11-13H,2-4,7-10H2,1H3. The second-order valence-corrected chi connectivity index (χ2v) is 6.29. The largest absolute Gasteiger partial charge is 0.359 e. The van der Waals surface area contributed by atoms with Crippen LogP contribution in [0.4, 0.5) is 8.78 Å². The fraction of sp³-hybridized carbons (Fsp3) is 0.867. The van der Waals surface area contributed by atoms with Crippen molar-refractivity contribution in [3.63, 3.8) is 0 Å². The summed E-state index contributed by atoms with van der Waals surface area (Å²) in [5.74, 6) is -0.174. The van der Waals surface area contributed by atoms with Crippen molar-refractivity contribution >= 4 is 0 Å². The zero-order valence-electron chi connectivity index (χ0n) is 11.0. The Morgan fingerprint density at radius 3 is 2.44 bits per heavy atom. The van der Waals surface area contributed by atoms with Crippen LogP contribution in [-0.4, -0.2) is 11.7 Å². The van der Waals surface area contributed by atoms with Crippen molar-refractivity contribution < 1.29 is 13.5 Å². The van der Waals surface area contributed by atoms with Crippen molar-refractivity contribution in [2.45, 2.75) is 63.6 Å². The molecule has 18 heavy (non-hydrogen) atoms. The summed E-state index contributed by atoms with van der Waals surface area (Å²) >= 11 is 0. The van der Waals surface area contributed by atoms with Gasteiger partial charge in [-0.15, -0.1) is 0 Å². The monoisotopic (exact) mass is 256 g/mol. The van der Waals surface area contributed by atoms with Gasteiger partial charge in [-0.2, -0.15) is 8.78 Å². The lowest BCUT2D eigenvalue weighted by Crippen LogP contribution is -2.43. The Kier molecular flexibility index (Phi) is 3.00. The van der Waals surface area contributed by atoms with E-state index in [2.05, 4.69) is 6.08 Å². The van der Waals surface area contributed by atoms with Crippen LogP contribution in [0.5, 0.6) is 0 Å². The molecule has 3 unspecified atom stereocenters. The number of ether oxygens (including phenoxy) is 1. The van der Waals surface area contributed by atoms with Crippen molar-refractivity contribution in [2.24, 2.45) is 17.8 Å². The Morgan fingerprint density at radius 2 is 1.94 bits per heavy atom. The molecule has 0 aliphatic heterocycles. The van der Waals surface area contributed by atoms with Gasteiger partial charge in [0.15, 0.2) is 0 Å². The average molecular weight is 256 g/mol. The maximum atomic E-state index is 14.4. The lowest BCUT2D eigenvalue weighted by molar-refractivity contribution is -0.324. The van der Waals surface area contributed by atoms with Crippen molar-refractivity contribution in [2.75, 3.05) is 0 Å². The number of rotatable bonds is 4. The predicted octanol–water partition coefficient (Wildman–Crippen LogP) is 4.53. The third-order valence-corrected chi connectivity index (χ3v) is 5.22. The van der Waals surface area contributed by atoms with Gasteiger partial charge in [-0.3, -0.25) is 0 Å². The summed E-state index contributed by atoms with van der Waals surface area (Å²) in [5, 5.41) is 0. The summed E-state index contributed by atoms with van der Waals surface area (Å²) < 4.78 is 34.2. The second-order valence-electron chi connectivity index (χ2n) is 6.29. The lowest BCUT2D eigenvalue weighted by atomic mass is 9.91. The first-order valence-electron chi connectivity index (χ1n) is 7.31. The molecule has 0 saturated heterocycles. The van der Waals surface area contributed by atoms with E-state index in [1.165, 1.54) is 0 Å². The highest BCUT2D eigenvalue weighted by atomic mass is 19.3. The SMILES string of the molecule is CCC1(OC(F)(F)C2CC3C=CC2C3)CCCC1. The quantitative estimate of drug-likeness (QED) is 0.671. The van der Waals surface area contributed by atoms with Crippen molar-refractivity contribution in [3.05, 3.63) is 12.2 Å². The first-order chi connectivity index (χ1) is 8.55. The van der Waals surface area contributed by atoms with E-state index < -0.39 is 17.6 Å². The van der Waals surface area contributed by atoms with Crippen LogP contribution in [0, 0.1) is 17.8 Å². The summed E-state index contributed by atoms with van der Waals surface area (Å²) in [6, 6.07) is 0. The average Bonchev–Trinajstić information content (AvgIpc) is 3.04. The van der Waals surface area contributed by atoms with E-state index in [-0.39, 0.29) is 5.92 Å². The zero-order valence-corrected chi connectivity index (χ0v) is 11.0. The number of allylic oxidation sites excluding steroid dienone is 2. The molecule has 2 bridgehead atoms. The van der Waals surface area contributed by atoms with Crippen molar-refractivity contribution in [1.82, 2.24) is 0 Å². The van der Waals surface area contributed by atoms with E-state index in [1.807, 2.05) is 13.0 Å². The molecular weight excluding hydrogens is 234 g/mol. The van der Waals surface area contributed by atoms with Gasteiger partial charge in [0.05, 0.1) is 11.5 Å². The van der Waals surface area contributed by atoms with E-state index >= 15 is 0 Å². The predicted molar refractivity (Wildman–Crippen MR) is 66.4 cm³/mol. The van der Waals surface area contributed by atoms with Gasteiger partial charge >= 0.3 is 6.11 Å². The number of hydrogen-bond acceptors (Lipinski definition) is 1. The molecule has 0 aromatic heterocycles. The molecule has 0 amide bonds. The molecule has 2 fully saturated rings. The van der Waals surface area contributed by atoms with Crippen LogP contribution in [-0.2, 0) is 4.74 Å². The molecule has 3 heteroatoms. The van der Waals surface area contributed by atoms with E-state index in [0.717, 1.165) is 32.1 Å². The van der Waals surface area contributed by atoms with Crippen LogP contribution >= 0.6 is 0 Å². The Bertz CT molecular complexity index is 344. The highest BCUT2D eigenvalue weighted by Gasteiger charge is 2.54. The molecule has 0 heterocycles. The molecule has 0 radical (unpaired) electrons. The summed E-state index contributed by atoms with van der Waals surface area (Å²) in [7, 11) is 0. The topological polar surface area (TPSA) is 9.23 Å². The Balaban J connectivity index is 1.72. The Morgan fingerprint density at radius 1 is 1.22 bits per heavy atom. The van der Waals surface area contributed by atoms with Gasteiger partial charge in [0.1, 0.15) is 0 Å². The smallest absolute Gasteiger partial charge is 0.314 e. The number of hydrogen-bond donors (Lipinski definition) is 0. The first-order valence-corrected chi connectivity index (χ1v) is 7.31. The molecule has 0 N–H and O–H groups in total. The van der Waals surface area contributed by atoms with Crippen LogP contribution in [0.1, 0.15) is 51.9 Å². The first kappa shape index (κ1) is 12.6. The van der Waals surface area contributed by atoms with Gasteiger partial charge in [-0.1, -0.05) is 31.9 Å². The summed E-state index contributed by atoms with van der Waals surface area (Å²) in [6.45, 7) is 1.97. The number of halogens is 2. The van der Waals surface area contributed by atoms with Crippen LogP contribution in [0.2, 0.25) is 0 Å². The molecule has 0 aromatic carbocycles. The van der Waals surface area contributed by atoms with E-state index in [9.17, 15) is 8.78 Å². The van der Waals surface area contributed by atoms with Gasteiger partial charge in [0.25, 0.3) is 0 Å². The third kappa shape index (κ3) is 2.01. The highest BCUT2D eigenvalue weighted by molar-refractivity contribution is 5.11. The Labute approximate surface area is 108 Å². The molecule has 3 rings (SSSR count). The fourth-order valence-electron chi connectivity index (χ4n) is 4.08. The third-order valence-electron chi connectivity index (χ3n) is 5.22. The van der Waals surface area contributed by atoms with Crippen LogP contribution in [0.15, 0.2) is 12.2 Å². The van der Waals surface area contributed by atoms with Crippen LogP contribution in [0.25, 0.3) is 0 Å². The number of alkyl halides is 2. The molecule has 0 aromatic rings. The van der Waals surface area contributed by atoms with Gasteiger partial charge in [0, 0.05) is 0 Å². The second kappa shape index (κ2) is 4.29. The van der Waals surface area contributed by atoms with Gasteiger partial charge in [-0.25, -0.2) is 0 Å². The minimum absolute atomic E-state index is 0.0420. The summed E-state index contributed by atoms with van der Waals surface area (Å²) in [4.78, 5) is 0. The minimum atomic E-state index is -2.94. The van der Waals surface area contributed by atoms with Crippen LogP contribution < -0.4 is 0 Å². The molecule has 0 spiro atoms. The lowest BCUT2D eigenvalue weighted by Gasteiger charge is -2.37. The zero-order chi connectivity index (χ0) is 12.8. The summed E-state index contributed by atoms with van der Waals surface area (Å²) in [5.41, 5.74) is -0.547. The van der Waals surface area contributed by atoms with Crippen LogP contribution in [0.3, 0.4) is 0 Å². The summed E-state index contributed by atoms with van der Waals surface area (Å²) in [6.07, 6.45) is 7.01. The van der Waals surface area contributed by atoms with Gasteiger partial charge in [-0.05, 0) is 43.9 Å². The fourth-order valence-corrected chi connectivity index (χ4v) is 4.08. The van der Waals surface area contributed by atoms with E-state index in [1.54, 1.807) is 0 Å². The molecule has 3 aliphatic rings. The van der Waals surface area contributed by atoms with E-state index in [4.69, 9.17) is 4.74 Å². The molecule has 3 atom stereocenters. The molecule has 3 aliphatic carbocycles. The maximum absolute atomic E-state index is 14.4. The van der Waals surface area contributed by atoms with Crippen molar-refractivity contribution in [3.8, 4) is 0 Å². The van der Waals surface area contributed by atoms with Gasteiger partial charge < -0.3 is 4.74 Å². The van der Waals surface area contributed by atoms with E-state index in [0.29, 0.717) is 18.8 Å². The molecule has 2 saturated carbocycles. The van der Waals surface area contributed by atoms with Gasteiger partial charge in [0.2, 0.25) is 0 Å². The molecule has 1 nitrogen and oxygen atoms in total. The Hall–Kier alpha value is -0.440. The molecular formula is C15H22F2O. The maximum Gasteiger partial charge on any atom is 0.359 e.